The van der Waals surface area contributed by atoms with Crippen molar-refractivity contribution in [1.29, 1.82) is 0 Å². The van der Waals surface area contributed by atoms with E-state index in [1.54, 1.807) is 24.7 Å². The Bertz CT molecular complexity index is 864. The lowest BCUT2D eigenvalue weighted by molar-refractivity contribution is 0.0519. The molecule has 24 heavy (non-hydrogen) atoms. The van der Waals surface area contributed by atoms with Gasteiger partial charge in [0.25, 0.3) is 0 Å². The zero-order valence-electron chi connectivity index (χ0n) is 13.7. The highest BCUT2D eigenvalue weighted by Crippen LogP contribution is 2.33. The Morgan fingerprint density at radius 3 is 2.50 bits per heavy atom. The van der Waals surface area contributed by atoms with E-state index >= 15 is 0 Å². The van der Waals surface area contributed by atoms with Crippen LogP contribution in [-0.2, 0) is 11.3 Å². The molecule has 1 aromatic carbocycles. The van der Waals surface area contributed by atoms with E-state index in [-0.39, 0.29) is 28.8 Å². The Morgan fingerprint density at radius 2 is 2.00 bits per heavy atom. The second-order valence-electron chi connectivity index (χ2n) is 4.78. The van der Waals surface area contributed by atoms with Gasteiger partial charge in [0.2, 0.25) is 11.2 Å². The Hall–Kier alpha value is -2.09. The van der Waals surface area contributed by atoms with Gasteiger partial charge in [-0.2, -0.15) is 4.39 Å². The van der Waals surface area contributed by atoms with Crippen molar-refractivity contribution in [2.24, 2.45) is 0 Å². The van der Waals surface area contributed by atoms with Crippen LogP contribution in [0.1, 0.15) is 24.2 Å². The number of benzene rings is 1. The summed E-state index contributed by atoms with van der Waals surface area (Å²) in [5, 5.41) is 0.186. The first-order chi connectivity index (χ1) is 11.4. The maximum absolute atomic E-state index is 14.1. The molecular formula is C16H17F2NO4S. The van der Waals surface area contributed by atoms with Crippen LogP contribution in [-0.4, -0.2) is 30.5 Å². The van der Waals surface area contributed by atoms with E-state index in [1.807, 2.05) is 0 Å². The number of aromatic nitrogens is 1. The number of hydrogen-bond donors (Lipinski definition) is 0. The number of carbonyl (C=O) groups is 1. The molecule has 0 spiro atoms. The molecule has 1 aromatic heterocycles. The third-order valence-electron chi connectivity index (χ3n) is 3.54. The van der Waals surface area contributed by atoms with Gasteiger partial charge < -0.3 is 14.0 Å². The van der Waals surface area contributed by atoms with Crippen LogP contribution in [0.25, 0.3) is 10.9 Å². The van der Waals surface area contributed by atoms with E-state index in [2.05, 4.69) is 0 Å². The van der Waals surface area contributed by atoms with Crippen LogP contribution in [0.4, 0.5) is 8.78 Å². The predicted molar refractivity (Wildman–Crippen MR) is 88.1 cm³/mol. The average Bonchev–Trinajstić information content (AvgIpc) is 2.56. The zero-order valence-corrected chi connectivity index (χ0v) is 14.6. The van der Waals surface area contributed by atoms with Gasteiger partial charge in [-0.1, -0.05) is 0 Å². The number of thioether (sulfide) groups is 1. The van der Waals surface area contributed by atoms with Crippen molar-refractivity contribution in [3.05, 3.63) is 33.5 Å². The molecule has 8 heteroatoms. The minimum absolute atomic E-state index is 0.0946. The number of fused-ring (bicyclic) bond motifs is 1. The van der Waals surface area contributed by atoms with Crippen molar-refractivity contribution in [1.82, 2.24) is 4.57 Å². The van der Waals surface area contributed by atoms with Crippen molar-refractivity contribution in [2.75, 3.05) is 20.0 Å². The molecular weight excluding hydrogens is 340 g/mol. The predicted octanol–water partition coefficient (Wildman–Crippen LogP) is 3.21. The molecule has 0 N–H and O–H groups in total. The van der Waals surface area contributed by atoms with Gasteiger partial charge in [-0.25, -0.2) is 9.18 Å². The molecule has 0 radical (unpaired) electrons. The maximum Gasteiger partial charge on any atom is 0.344 e. The smallest absolute Gasteiger partial charge is 0.344 e. The van der Waals surface area contributed by atoms with E-state index in [9.17, 15) is 18.4 Å². The highest BCUT2D eigenvalue weighted by Gasteiger charge is 2.27. The molecule has 0 bridgehead atoms. The highest BCUT2D eigenvalue weighted by molar-refractivity contribution is 7.98. The number of hydrogen-bond acceptors (Lipinski definition) is 5. The third kappa shape index (κ3) is 2.75. The molecule has 1 heterocycles. The van der Waals surface area contributed by atoms with Crippen LogP contribution in [0.5, 0.6) is 5.75 Å². The fraction of sp³-hybridized carbons (Fsp3) is 0.375. The monoisotopic (exact) mass is 357 g/mol. The van der Waals surface area contributed by atoms with E-state index in [1.165, 1.54) is 7.11 Å². The van der Waals surface area contributed by atoms with E-state index in [0.29, 0.717) is 11.6 Å². The fourth-order valence-electron chi connectivity index (χ4n) is 2.59. The summed E-state index contributed by atoms with van der Waals surface area (Å²) in [7, 11) is 1.19. The van der Waals surface area contributed by atoms with Crippen molar-refractivity contribution in [3.63, 3.8) is 0 Å². The van der Waals surface area contributed by atoms with Crippen molar-refractivity contribution < 1.29 is 23.0 Å². The summed E-state index contributed by atoms with van der Waals surface area (Å²) in [6, 6.07) is 0.786. The molecule has 0 aliphatic rings. The van der Waals surface area contributed by atoms with Gasteiger partial charge in [0.05, 0.1) is 29.6 Å². The van der Waals surface area contributed by atoms with Crippen molar-refractivity contribution >= 4 is 28.6 Å². The average molecular weight is 357 g/mol. The molecule has 0 atom stereocenters. The van der Waals surface area contributed by atoms with Gasteiger partial charge in [-0.15, -0.1) is 11.8 Å². The van der Waals surface area contributed by atoms with E-state index in [4.69, 9.17) is 9.47 Å². The Balaban J connectivity index is 3.08. The first-order valence-corrected chi connectivity index (χ1v) is 8.48. The topological polar surface area (TPSA) is 57.5 Å². The van der Waals surface area contributed by atoms with Crippen LogP contribution in [0, 0.1) is 11.6 Å². The van der Waals surface area contributed by atoms with Gasteiger partial charge in [0.1, 0.15) is 5.56 Å². The lowest BCUT2D eigenvalue weighted by atomic mass is 10.1. The first-order valence-electron chi connectivity index (χ1n) is 7.26. The molecule has 0 saturated heterocycles. The molecule has 0 fully saturated rings. The Morgan fingerprint density at radius 1 is 1.33 bits per heavy atom. The fourth-order valence-corrected chi connectivity index (χ4v) is 3.41. The standard InChI is InChI=1S/C16H17F2NO4S/c1-5-19-12-8(7-9(17)11(18)14(12)22-3)13(20)10(15(19)24-4)16(21)23-6-2/h7H,5-6H2,1-4H3. The number of halogens is 2. The van der Waals surface area contributed by atoms with Gasteiger partial charge >= 0.3 is 5.97 Å². The SMILES string of the molecule is CCOC(=O)c1c(SC)n(CC)c2c(OC)c(F)c(F)cc2c1=O. The van der Waals surface area contributed by atoms with Crippen LogP contribution in [0.2, 0.25) is 0 Å². The molecule has 0 aliphatic heterocycles. The van der Waals surface area contributed by atoms with E-state index in [0.717, 1.165) is 17.8 Å². The molecule has 0 saturated carbocycles. The largest absolute Gasteiger partial charge is 0.491 e. The molecule has 5 nitrogen and oxygen atoms in total. The summed E-state index contributed by atoms with van der Waals surface area (Å²) in [6.45, 7) is 3.80. The Kier molecular flexibility index (Phi) is 5.48. The molecule has 0 amide bonds. The lowest BCUT2D eigenvalue weighted by Gasteiger charge is -2.19. The van der Waals surface area contributed by atoms with Crippen LogP contribution < -0.4 is 10.2 Å². The number of ether oxygens (including phenoxy) is 2. The summed E-state index contributed by atoms with van der Waals surface area (Å²) < 4.78 is 39.4. The summed E-state index contributed by atoms with van der Waals surface area (Å²) in [6.07, 6.45) is 1.68. The lowest BCUT2D eigenvalue weighted by Crippen LogP contribution is -2.24. The Labute approximate surface area is 141 Å². The van der Waals surface area contributed by atoms with Gasteiger partial charge in [-0.3, -0.25) is 4.79 Å². The van der Waals surface area contributed by atoms with Gasteiger partial charge in [0.15, 0.2) is 11.6 Å². The highest BCUT2D eigenvalue weighted by atomic mass is 32.2. The zero-order chi connectivity index (χ0) is 18.0. The van der Waals surface area contributed by atoms with Gasteiger partial charge in [0, 0.05) is 6.54 Å². The molecule has 0 unspecified atom stereocenters. The summed E-state index contributed by atoms with van der Waals surface area (Å²) in [4.78, 5) is 25.0. The van der Waals surface area contributed by atoms with Crippen LogP contribution >= 0.6 is 11.8 Å². The summed E-state index contributed by atoms with van der Waals surface area (Å²) >= 11 is 1.15. The number of pyridine rings is 1. The second kappa shape index (κ2) is 7.21. The maximum atomic E-state index is 14.1. The molecule has 2 rings (SSSR count). The van der Waals surface area contributed by atoms with Crippen LogP contribution in [0.3, 0.4) is 0 Å². The number of aryl methyl sites for hydroxylation is 1. The number of esters is 1. The number of rotatable bonds is 5. The van der Waals surface area contributed by atoms with Crippen LogP contribution in [0.15, 0.2) is 15.9 Å². The molecule has 2 aromatic rings. The minimum Gasteiger partial charge on any atom is -0.491 e. The summed E-state index contributed by atoms with van der Waals surface area (Å²) in [5.74, 6) is -3.55. The minimum atomic E-state index is -1.22. The number of methoxy groups -OCH3 is 1. The second-order valence-corrected chi connectivity index (χ2v) is 5.57. The quantitative estimate of drug-likeness (QED) is 0.608. The molecule has 0 aliphatic carbocycles. The first kappa shape index (κ1) is 18.3. The number of nitrogens with zero attached hydrogens (tertiary/aromatic N) is 1. The van der Waals surface area contributed by atoms with E-state index < -0.39 is 23.0 Å². The summed E-state index contributed by atoms with van der Waals surface area (Å²) in [5.41, 5.74) is -0.789. The molecule has 130 valence electrons. The van der Waals surface area contributed by atoms with Crippen molar-refractivity contribution in [3.8, 4) is 5.75 Å². The number of carbonyl (C=O) groups excluding carboxylic acids is 1. The van der Waals surface area contributed by atoms with Gasteiger partial charge in [-0.05, 0) is 26.2 Å². The third-order valence-corrected chi connectivity index (χ3v) is 4.36. The normalized spacial score (nSPS) is 10.9. The van der Waals surface area contributed by atoms with Crippen molar-refractivity contribution in [2.45, 2.75) is 25.4 Å².